The predicted molar refractivity (Wildman–Crippen MR) is 175 cm³/mol. The maximum atomic E-state index is 10.3. The zero-order valence-electron chi connectivity index (χ0n) is 26.2. The van der Waals surface area contributed by atoms with Gasteiger partial charge in [-0.25, -0.2) is 14.4 Å². The molecule has 0 spiro atoms. The second kappa shape index (κ2) is 18.4. The summed E-state index contributed by atoms with van der Waals surface area (Å²) in [4.78, 5) is 37.3. The Morgan fingerprint density at radius 3 is 1.76 bits per heavy atom. The minimum atomic E-state index is -2.27. The topological polar surface area (TPSA) is 177 Å². The lowest BCUT2D eigenvalue weighted by Gasteiger charge is -2.35. The van der Waals surface area contributed by atoms with E-state index >= 15 is 0 Å². The molecule has 0 aliphatic carbocycles. The number of benzene rings is 3. The number of rotatable bonds is 11. The zero-order chi connectivity index (χ0) is 34.4. The smallest absolute Gasteiger partial charge is 0.335 e. The summed E-state index contributed by atoms with van der Waals surface area (Å²) in [6, 6.07) is 22.6. The van der Waals surface area contributed by atoms with Crippen LogP contribution in [0.5, 0.6) is 11.5 Å². The summed E-state index contributed by atoms with van der Waals surface area (Å²) in [5.41, 5.74) is 3.42. The van der Waals surface area contributed by atoms with Crippen molar-refractivity contribution in [3.63, 3.8) is 0 Å². The third-order valence-corrected chi connectivity index (χ3v) is 7.46. The highest BCUT2D eigenvalue weighted by Gasteiger charge is 2.29. The van der Waals surface area contributed by atoms with E-state index in [9.17, 15) is 14.4 Å². The first kappa shape index (κ1) is 37.6. The highest BCUT2D eigenvalue weighted by molar-refractivity contribution is 7.99. The van der Waals surface area contributed by atoms with Crippen molar-refractivity contribution in [1.29, 1.82) is 0 Å². The Balaban J connectivity index is 0.000000259. The van der Waals surface area contributed by atoms with Gasteiger partial charge in [0.15, 0.2) is 23.7 Å². The van der Waals surface area contributed by atoms with Crippen LogP contribution in [0.25, 0.3) is 6.08 Å². The number of para-hydroxylation sites is 2. The summed E-state index contributed by atoms with van der Waals surface area (Å²) in [6.45, 7) is 4.48. The molecule has 0 aromatic heterocycles. The van der Waals surface area contributed by atoms with E-state index in [0.717, 1.165) is 24.7 Å². The van der Waals surface area contributed by atoms with Gasteiger partial charge in [-0.1, -0.05) is 49.0 Å². The predicted octanol–water partition coefficient (Wildman–Crippen LogP) is 4.17. The van der Waals surface area contributed by atoms with Crippen LogP contribution in [0.4, 0.5) is 11.4 Å². The summed E-state index contributed by atoms with van der Waals surface area (Å²) in [7, 11) is 7.36. The van der Waals surface area contributed by atoms with Crippen LogP contribution in [0.1, 0.15) is 12.5 Å². The van der Waals surface area contributed by atoms with Crippen LogP contribution < -0.4 is 14.4 Å². The lowest BCUT2D eigenvalue weighted by atomic mass is 10.1. The molecule has 0 bridgehead atoms. The fraction of sp³-hybridized carbons (Fsp3) is 0.303. The standard InChI is InChI=1S/C18H22N2S.C11H12O4.C4H6O6/c1-14(12-19(2)3)13-20-15-8-4-6-10-17(15)21-18-11-7-5-9-16(18)20;1-14-9-5-3-8(4-6-11(12)13)7-10(9)15-2;5-1(3(7)8)2(6)4(9)10/h4-11,14H,12-13H2,1-3H3;3-7H,1-2H3,(H,12,13);1-2,5-6H,(H,7,8)(H,9,10). The van der Waals surface area contributed by atoms with E-state index in [2.05, 4.69) is 79.3 Å². The number of aliphatic hydroxyl groups excluding tert-OH is 2. The molecule has 3 atom stereocenters. The van der Waals surface area contributed by atoms with Crippen molar-refractivity contribution in [3.8, 4) is 11.5 Å². The summed E-state index contributed by atoms with van der Waals surface area (Å²) in [5, 5.41) is 41.0. The molecule has 0 saturated carbocycles. The molecule has 13 heteroatoms. The Hall–Kier alpha value is -4.56. The van der Waals surface area contributed by atoms with Crippen LogP contribution >= 0.6 is 11.8 Å². The largest absolute Gasteiger partial charge is 0.493 e. The van der Waals surface area contributed by atoms with Crippen LogP contribution in [-0.2, 0) is 14.4 Å². The second-order valence-electron chi connectivity index (χ2n) is 10.4. The number of anilines is 2. The van der Waals surface area contributed by atoms with Crippen molar-refractivity contribution >= 4 is 47.1 Å². The highest BCUT2D eigenvalue weighted by atomic mass is 32.2. The average Bonchev–Trinajstić information content (AvgIpc) is 3.02. The van der Waals surface area contributed by atoms with Gasteiger partial charge in [0, 0.05) is 29.0 Å². The Kier molecular flexibility index (Phi) is 15.1. The molecule has 1 aliphatic heterocycles. The number of ether oxygens (including phenoxy) is 2. The number of fused-ring (bicyclic) bond motifs is 2. The zero-order valence-corrected chi connectivity index (χ0v) is 27.0. The van der Waals surface area contributed by atoms with E-state index in [-0.39, 0.29) is 0 Å². The Labute approximate surface area is 272 Å². The molecule has 3 aromatic rings. The van der Waals surface area contributed by atoms with Gasteiger partial charge in [-0.3, -0.25) is 0 Å². The molecular formula is C33H40N2O10S. The number of carboxylic acids is 3. The average molecular weight is 657 g/mol. The van der Waals surface area contributed by atoms with Crippen LogP contribution in [0.2, 0.25) is 0 Å². The Morgan fingerprint density at radius 1 is 0.826 bits per heavy atom. The van der Waals surface area contributed by atoms with Crippen molar-refractivity contribution in [2.24, 2.45) is 5.92 Å². The summed E-state index contributed by atoms with van der Waals surface area (Å²) in [6.07, 6.45) is -1.97. The van der Waals surface area contributed by atoms with Crippen molar-refractivity contribution in [3.05, 3.63) is 78.4 Å². The number of carbonyl (C=O) groups is 3. The number of methoxy groups -OCH3 is 2. The molecule has 12 nitrogen and oxygen atoms in total. The van der Waals surface area contributed by atoms with Gasteiger partial charge in [-0.2, -0.15) is 0 Å². The molecule has 1 heterocycles. The molecule has 248 valence electrons. The summed E-state index contributed by atoms with van der Waals surface area (Å²) in [5.74, 6) is -2.71. The normalized spacial score (nSPS) is 13.5. The minimum absolute atomic E-state index is 0.574. The van der Waals surface area contributed by atoms with Gasteiger partial charge in [-0.15, -0.1) is 0 Å². The van der Waals surface area contributed by atoms with Gasteiger partial charge >= 0.3 is 17.9 Å². The van der Waals surface area contributed by atoms with Crippen molar-refractivity contribution in [1.82, 2.24) is 4.90 Å². The van der Waals surface area contributed by atoms with Crippen LogP contribution in [-0.4, -0.2) is 102 Å². The van der Waals surface area contributed by atoms with Gasteiger partial charge in [0.25, 0.3) is 0 Å². The number of hydrogen-bond donors (Lipinski definition) is 5. The van der Waals surface area contributed by atoms with Gasteiger partial charge in [0.05, 0.1) is 25.6 Å². The maximum absolute atomic E-state index is 10.3. The quantitative estimate of drug-likeness (QED) is 0.186. The molecule has 0 fully saturated rings. The first-order valence-corrected chi connectivity index (χ1v) is 14.8. The Bertz CT molecular complexity index is 1430. The van der Waals surface area contributed by atoms with Crippen LogP contribution in [0, 0.1) is 5.92 Å². The van der Waals surface area contributed by atoms with Crippen molar-refractivity contribution in [2.75, 3.05) is 46.3 Å². The summed E-state index contributed by atoms with van der Waals surface area (Å²) >= 11 is 1.88. The molecule has 0 amide bonds. The fourth-order valence-corrected chi connectivity index (χ4v) is 5.46. The van der Waals surface area contributed by atoms with Gasteiger partial charge in [0.2, 0.25) is 0 Å². The fourth-order valence-electron chi connectivity index (χ4n) is 4.36. The number of nitrogens with zero attached hydrogens (tertiary/aromatic N) is 2. The van der Waals surface area contributed by atoms with Gasteiger partial charge in [-0.05, 0) is 68.1 Å². The molecule has 3 unspecified atom stereocenters. The number of aliphatic hydroxyl groups is 2. The van der Waals surface area contributed by atoms with E-state index in [1.807, 2.05) is 11.8 Å². The highest BCUT2D eigenvalue weighted by Crippen LogP contribution is 2.48. The SMILES string of the molecule is CC(CN(C)C)CN1c2ccccc2Sc2ccccc21.COc1ccc(C=CC(=O)O)cc1OC.O=C(O)C(O)C(O)C(=O)O. The third kappa shape index (κ3) is 11.4. The lowest BCUT2D eigenvalue weighted by molar-refractivity contribution is -0.165. The number of hydrogen-bond acceptors (Lipinski definition) is 10. The van der Waals surface area contributed by atoms with Crippen molar-refractivity contribution < 1.29 is 49.4 Å². The Morgan fingerprint density at radius 2 is 1.33 bits per heavy atom. The molecular weight excluding hydrogens is 616 g/mol. The van der Waals surface area contributed by atoms with Crippen LogP contribution in [0.3, 0.4) is 0 Å². The third-order valence-electron chi connectivity index (χ3n) is 6.33. The van der Waals surface area contributed by atoms with Crippen molar-refractivity contribution in [2.45, 2.75) is 28.9 Å². The molecule has 46 heavy (non-hydrogen) atoms. The van der Waals surface area contributed by atoms with Gasteiger partial charge < -0.3 is 44.8 Å². The van der Waals surface area contributed by atoms with E-state index in [1.165, 1.54) is 34.4 Å². The summed E-state index contributed by atoms with van der Waals surface area (Å²) < 4.78 is 10.1. The van der Waals surface area contributed by atoms with E-state index in [1.54, 1.807) is 25.3 Å². The first-order chi connectivity index (χ1) is 21.8. The molecule has 5 N–H and O–H groups in total. The maximum Gasteiger partial charge on any atom is 0.335 e. The van der Waals surface area contributed by atoms with Gasteiger partial charge in [0.1, 0.15) is 0 Å². The molecule has 1 aliphatic rings. The van der Waals surface area contributed by atoms with E-state index < -0.39 is 30.1 Å². The first-order valence-electron chi connectivity index (χ1n) is 14.0. The van der Waals surface area contributed by atoms with E-state index in [0.29, 0.717) is 17.4 Å². The lowest BCUT2D eigenvalue weighted by Crippen LogP contribution is -2.39. The monoisotopic (exact) mass is 656 g/mol. The van der Waals surface area contributed by atoms with E-state index in [4.69, 9.17) is 35.0 Å². The van der Waals surface area contributed by atoms with Crippen LogP contribution in [0.15, 0.2) is 82.6 Å². The second-order valence-corrected chi connectivity index (χ2v) is 11.5. The molecule has 3 aromatic carbocycles. The minimum Gasteiger partial charge on any atom is -0.493 e. The molecule has 4 rings (SSSR count). The number of aliphatic carboxylic acids is 3. The number of carboxylic acid groups (broad SMARTS) is 3. The molecule has 0 saturated heterocycles. The molecule has 0 radical (unpaired) electrons.